The maximum atomic E-state index is 12.8. The summed E-state index contributed by atoms with van der Waals surface area (Å²) >= 11 is 0. The van der Waals surface area contributed by atoms with Crippen LogP contribution in [-0.4, -0.2) is 24.2 Å². The molecule has 0 unspecified atom stereocenters. The Hall–Kier alpha value is -2.33. The lowest BCUT2D eigenvalue weighted by Gasteiger charge is -2.28. The van der Waals surface area contributed by atoms with Gasteiger partial charge in [0.25, 0.3) is 0 Å². The average Bonchev–Trinajstić information content (AvgIpc) is 3.01. The number of para-hydroxylation sites is 1. The molecule has 0 saturated heterocycles. The molecule has 1 aliphatic rings. The highest BCUT2D eigenvalue weighted by molar-refractivity contribution is 5.83. The van der Waals surface area contributed by atoms with E-state index in [0.29, 0.717) is 26.0 Å². The molecule has 1 aliphatic carbocycles. The lowest BCUT2D eigenvalue weighted by molar-refractivity contribution is -0.151. The summed E-state index contributed by atoms with van der Waals surface area (Å²) in [5.74, 6) is 0.669. The van der Waals surface area contributed by atoms with Gasteiger partial charge in [-0.05, 0) is 38.0 Å². The topological polar surface area (TPSA) is 47.6 Å². The van der Waals surface area contributed by atoms with Crippen LogP contribution >= 0.6 is 0 Å². The van der Waals surface area contributed by atoms with Gasteiger partial charge in [-0.3, -0.25) is 10.1 Å². The van der Waals surface area contributed by atoms with Crippen molar-refractivity contribution in [2.45, 2.75) is 51.8 Å². The van der Waals surface area contributed by atoms with Crippen molar-refractivity contribution < 1.29 is 14.3 Å². The Labute approximate surface area is 155 Å². The van der Waals surface area contributed by atoms with Crippen molar-refractivity contribution >= 4 is 5.97 Å². The quantitative estimate of drug-likeness (QED) is 0.772. The van der Waals surface area contributed by atoms with Crippen LogP contribution in [0, 0.1) is 0 Å². The number of ether oxygens (including phenoxy) is 2. The molecular weight excluding hydrogens is 326 g/mol. The van der Waals surface area contributed by atoms with E-state index in [1.807, 2.05) is 57.2 Å². The number of hydrogen-bond acceptors (Lipinski definition) is 4. The maximum Gasteiger partial charge on any atom is 0.327 e. The normalized spacial score (nSPS) is 14.9. The Morgan fingerprint density at radius 1 is 1.08 bits per heavy atom. The summed E-state index contributed by atoms with van der Waals surface area (Å²) in [5, 5.41) is 3.50. The fourth-order valence-corrected chi connectivity index (χ4v) is 3.51. The highest BCUT2D eigenvalue weighted by Crippen LogP contribution is 2.32. The Bertz CT molecular complexity index is 744. The predicted molar refractivity (Wildman–Crippen MR) is 102 cm³/mol. The summed E-state index contributed by atoms with van der Waals surface area (Å²) in [5.41, 5.74) is 2.74. The zero-order valence-corrected chi connectivity index (χ0v) is 15.7. The van der Waals surface area contributed by atoms with Gasteiger partial charge in [0.1, 0.15) is 11.3 Å². The van der Waals surface area contributed by atoms with E-state index in [4.69, 9.17) is 9.47 Å². The highest BCUT2D eigenvalue weighted by atomic mass is 16.5. The fraction of sp³-hybridized carbons (Fsp3) is 0.409. The number of nitrogens with one attached hydrogen (secondary N) is 1. The molecule has 2 aromatic carbocycles. The van der Waals surface area contributed by atoms with Gasteiger partial charge in [-0.15, -0.1) is 0 Å². The van der Waals surface area contributed by atoms with Gasteiger partial charge in [0, 0.05) is 24.9 Å². The second kappa shape index (κ2) is 7.92. The van der Waals surface area contributed by atoms with E-state index >= 15 is 0 Å². The second-order valence-corrected chi connectivity index (χ2v) is 7.05. The minimum absolute atomic E-state index is 0.103. The predicted octanol–water partition coefficient (Wildman–Crippen LogP) is 3.66. The molecular formula is C22H27NO3. The fourth-order valence-electron chi connectivity index (χ4n) is 3.51. The third kappa shape index (κ3) is 3.91. The summed E-state index contributed by atoms with van der Waals surface area (Å²) in [4.78, 5) is 12.8. The van der Waals surface area contributed by atoms with Crippen molar-refractivity contribution in [1.29, 1.82) is 0 Å². The number of rotatable bonds is 7. The van der Waals surface area contributed by atoms with E-state index in [1.165, 1.54) is 11.1 Å². The minimum atomic E-state index is -0.718. The van der Waals surface area contributed by atoms with E-state index in [0.717, 1.165) is 11.3 Å². The van der Waals surface area contributed by atoms with Gasteiger partial charge in [0.2, 0.25) is 0 Å². The van der Waals surface area contributed by atoms with Crippen LogP contribution in [0.15, 0.2) is 48.5 Å². The monoisotopic (exact) mass is 353 g/mol. The lowest BCUT2D eigenvalue weighted by atomic mass is 9.95. The van der Waals surface area contributed by atoms with Gasteiger partial charge in [-0.1, -0.05) is 42.5 Å². The smallest absolute Gasteiger partial charge is 0.327 e. The van der Waals surface area contributed by atoms with Crippen molar-refractivity contribution in [3.05, 3.63) is 65.2 Å². The number of carbonyl (C=O) groups excluding carboxylic acids is 1. The molecule has 4 heteroatoms. The van der Waals surface area contributed by atoms with E-state index in [1.54, 1.807) is 0 Å². The van der Waals surface area contributed by atoms with Gasteiger partial charge in [-0.25, -0.2) is 0 Å². The van der Waals surface area contributed by atoms with Gasteiger partial charge in [0.15, 0.2) is 0 Å². The molecule has 0 fully saturated rings. The molecule has 4 nitrogen and oxygen atoms in total. The van der Waals surface area contributed by atoms with Crippen LogP contribution in [0.1, 0.15) is 37.5 Å². The summed E-state index contributed by atoms with van der Waals surface area (Å²) in [6, 6.07) is 16.2. The molecule has 0 bridgehead atoms. The molecule has 0 atom stereocenters. The van der Waals surface area contributed by atoms with Crippen molar-refractivity contribution in [3.63, 3.8) is 0 Å². The molecule has 0 saturated carbocycles. The van der Waals surface area contributed by atoms with Crippen molar-refractivity contribution in [1.82, 2.24) is 5.32 Å². The molecule has 0 aliphatic heterocycles. The van der Waals surface area contributed by atoms with Crippen LogP contribution in [-0.2, 0) is 28.9 Å². The molecule has 0 aromatic heterocycles. The van der Waals surface area contributed by atoms with Gasteiger partial charge in [-0.2, -0.15) is 0 Å². The molecule has 138 valence electrons. The third-order valence-electron chi connectivity index (χ3n) is 4.72. The first-order chi connectivity index (χ1) is 12.5. The molecule has 26 heavy (non-hydrogen) atoms. The molecule has 0 heterocycles. The zero-order chi connectivity index (χ0) is 18.6. The Kier molecular flexibility index (Phi) is 5.62. The first kappa shape index (κ1) is 18.5. The minimum Gasteiger partial charge on any atom is -0.491 e. The highest BCUT2D eigenvalue weighted by Gasteiger charge is 2.44. The van der Waals surface area contributed by atoms with E-state index in [-0.39, 0.29) is 12.1 Å². The number of benzene rings is 2. The van der Waals surface area contributed by atoms with Crippen molar-refractivity contribution in [2.75, 3.05) is 6.61 Å². The van der Waals surface area contributed by atoms with Crippen molar-refractivity contribution in [2.24, 2.45) is 0 Å². The molecule has 0 spiro atoms. The zero-order valence-electron chi connectivity index (χ0n) is 15.7. The lowest BCUT2D eigenvalue weighted by Crippen LogP contribution is -2.53. The standard InChI is InChI=1S/C22H27NO3/c1-4-25-21(24)22(13-17-9-5-6-10-18(17)14-22)23-15-19-11-7-8-12-20(19)26-16(2)3/h5-12,16,23H,4,13-15H2,1-3H3. The number of fused-ring (bicyclic) bond motifs is 1. The summed E-state index contributed by atoms with van der Waals surface area (Å²) in [6.45, 7) is 6.80. The van der Waals surface area contributed by atoms with Crippen LogP contribution in [0.25, 0.3) is 0 Å². The first-order valence-electron chi connectivity index (χ1n) is 9.27. The number of esters is 1. The van der Waals surface area contributed by atoms with Crippen LogP contribution in [0.4, 0.5) is 0 Å². The largest absolute Gasteiger partial charge is 0.491 e. The second-order valence-electron chi connectivity index (χ2n) is 7.05. The molecule has 0 amide bonds. The molecule has 1 N–H and O–H groups in total. The van der Waals surface area contributed by atoms with Crippen LogP contribution < -0.4 is 10.1 Å². The van der Waals surface area contributed by atoms with Crippen LogP contribution in [0.2, 0.25) is 0 Å². The Morgan fingerprint density at radius 3 is 2.31 bits per heavy atom. The average molecular weight is 353 g/mol. The maximum absolute atomic E-state index is 12.8. The van der Waals surface area contributed by atoms with Crippen LogP contribution in [0.3, 0.4) is 0 Å². The van der Waals surface area contributed by atoms with E-state index in [2.05, 4.69) is 17.4 Å². The third-order valence-corrected chi connectivity index (χ3v) is 4.72. The number of hydrogen-bond donors (Lipinski definition) is 1. The summed E-state index contributed by atoms with van der Waals surface area (Å²) in [6.07, 6.45) is 1.40. The van der Waals surface area contributed by atoms with E-state index in [9.17, 15) is 4.79 Å². The SMILES string of the molecule is CCOC(=O)C1(NCc2ccccc2OC(C)C)Cc2ccccc2C1. The molecule has 3 rings (SSSR count). The van der Waals surface area contributed by atoms with Gasteiger partial charge in [0.05, 0.1) is 12.7 Å². The Balaban J connectivity index is 1.82. The van der Waals surface area contributed by atoms with Crippen molar-refractivity contribution in [3.8, 4) is 5.75 Å². The number of carbonyl (C=O) groups is 1. The summed E-state index contributed by atoms with van der Waals surface area (Å²) in [7, 11) is 0. The summed E-state index contributed by atoms with van der Waals surface area (Å²) < 4.78 is 11.3. The Morgan fingerprint density at radius 2 is 1.69 bits per heavy atom. The first-order valence-corrected chi connectivity index (χ1v) is 9.27. The molecule has 0 radical (unpaired) electrons. The van der Waals surface area contributed by atoms with Crippen LogP contribution in [0.5, 0.6) is 5.75 Å². The van der Waals surface area contributed by atoms with E-state index < -0.39 is 5.54 Å². The van der Waals surface area contributed by atoms with Gasteiger partial charge < -0.3 is 9.47 Å². The van der Waals surface area contributed by atoms with Gasteiger partial charge >= 0.3 is 5.97 Å². The molecule has 2 aromatic rings.